The van der Waals surface area contributed by atoms with Gasteiger partial charge in [0.15, 0.2) is 0 Å². The van der Waals surface area contributed by atoms with Gasteiger partial charge in [0, 0.05) is 25.9 Å². The largest absolute Gasteiger partial charge is 0.490 e. The van der Waals surface area contributed by atoms with Gasteiger partial charge in [-0.1, -0.05) is 12.1 Å². The standard InChI is InChI=1S/C18H22N2O2S/c1-12-5-4-6-16(11-12)22-15-7-9-20(10-8-15)18(21)17-13(2)19-14(3)23-17/h4-6,11,15H,7-10H2,1-3H3. The Morgan fingerprint density at radius 2 is 2.00 bits per heavy atom. The maximum Gasteiger partial charge on any atom is 0.265 e. The van der Waals surface area contributed by atoms with Crippen LogP contribution in [0.15, 0.2) is 24.3 Å². The highest BCUT2D eigenvalue weighted by Gasteiger charge is 2.26. The summed E-state index contributed by atoms with van der Waals surface area (Å²) in [6.45, 7) is 7.39. The maximum atomic E-state index is 12.6. The van der Waals surface area contributed by atoms with E-state index in [1.807, 2.05) is 30.9 Å². The number of nitrogens with zero attached hydrogens (tertiary/aromatic N) is 2. The number of hydrogen-bond donors (Lipinski definition) is 0. The molecule has 1 saturated heterocycles. The third-order valence-corrected chi connectivity index (χ3v) is 5.18. The molecular formula is C18H22N2O2S. The molecule has 0 saturated carbocycles. The van der Waals surface area contributed by atoms with E-state index in [-0.39, 0.29) is 12.0 Å². The van der Waals surface area contributed by atoms with E-state index < -0.39 is 0 Å². The van der Waals surface area contributed by atoms with Gasteiger partial charge in [-0.25, -0.2) is 4.98 Å². The van der Waals surface area contributed by atoms with Gasteiger partial charge < -0.3 is 9.64 Å². The first-order chi connectivity index (χ1) is 11.0. The summed E-state index contributed by atoms with van der Waals surface area (Å²) in [6, 6.07) is 8.13. The average Bonchev–Trinajstić information content (AvgIpc) is 2.86. The molecule has 0 spiro atoms. The molecule has 1 aromatic carbocycles. The van der Waals surface area contributed by atoms with E-state index in [2.05, 4.69) is 24.0 Å². The molecule has 0 unspecified atom stereocenters. The minimum Gasteiger partial charge on any atom is -0.490 e. The number of ether oxygens (including phenoxy) is 1. The van der Waals surface area contributed by atoms with Crippen LogP contribution in [0.5, 0.6) is 5.75 Å². The van der Waals surface area contributed by atoms with Gasteiger partial charge in [-0.2, -0.15) is 0 Å². The smallest absolute Gasteiger partial charge is 0.265 e. The molecule has 122 valence electrons. The summed E-state index contributed by atoms with van der Waals surface area (Å²) in [5.74, 6) is 1.03. The predicted molar refractivity (Wildman–Crippen MR) is 92.3 cm³/mol. The van der Waals surface area contributed by atoms with Crippen LogP contribution in [0.1, 0.15) is 38.8 Å². The Morgan fingerprint density at radius 1 is 1.26 bits per heavy atom. The molecule has 0 radical (unpaired) electrons. The van der Waals surface area contributed by atoms with E-state index in [0.717, 1.165) is 47.3 Å². The second-order valence-corrected chi connectivity index (χ2v) is 7.28. The lowest BCUT2D eigenvalue weighted by atomic mass is 10.1. The lowest BCUT2D eigenvalue weighted by molar-refractivity contribution is 0.0599. The van der Waals surface area contributed by atoms with E-state index in [0.29, 0.717) is 0 Å². The van der Waals surface area contributed by atoms with Crippen molar-refractivity contribution in [2.24, 2.45) is 0 Å². The molecule has 1 fully saturated rings. The maximum absolute atomic E-state index is 12.6. The Balaban J connectivity index is 1.58. The van der Waals surface area contributed by atoms with E-state index in [9.17, 15) is 4.79 Å². The summed E-state index contributed by atoms with van der Waals surface area (Å²) < 4.78 is 6.05. The highest BCUT2D eigenvalue weighted by molar-refractivity contribution is 7.13. The topological polar surface area (TPSA) is 42.4 Å². The number of amides is 1. The second kappa shape index (κ2) is 6.71. The Kier molecular flexibility index (Phi) is 4.66. The van der Waals surface area contributed by atoms with E-state index >= 15 is 0 Å². The van der Waals surface area contributed by atoms with Crippen molar-refractivity contribution in [1.29, 1.82) is 0 Å². The zero-order chi connectivity index (χ0) is 16.4. The number of benzene rings is 1. The van der Waals surface area contributed by atoms with E-state index in [4.69, 9.17) is 4.74 Å². The third-order valence-electron chi connectivity index (χ3n) is 4.12. The first kappa shape index (κ1) is 16.0. The number of carbonyl (C=O) groups excluding carboxylic acids is 1. The number of carbonyl (C=O) groups is 1. The highest BCUT2D eigenvalue weighted by Crippen LogP contribution is 2.24. The molecule has 0 bridgehead atoms. The number of hydrogen-bond acceptors (Lipinski definition) is 4. The highest BCUT2D eigenvalue weighted by atomic mass is 32.1. The van der Waals surface area contributed by atoms with Crippen molar-refractivity contribution in [3.05, 3.63) is 45.4 Å². The van der Waals surface area contributed by atoms with Crippen molar-refractivity contribution < 1.29 is 9.53 Å². The fourth-order valence-electron chi connectivity index (χ4n) is 2.93. The Hall–Kier alpha value is -1.88. The number of aromatic nitrogens is 1. The molecule has 1 aliphatic rings. The molecule has 0 N–H and O–H groups in total. The fourth-order valence-corrected chi connectivity index (χ4v) is 3.82. The number of thiazole rings is 1. The van der Waals surface area contributed by atoms with Gasteiger partial charge >= 0.3 is 0 Å². The zero-order valence-corrected chi connectivity index (χ0v) is 14.7. The first-order valence-electron chi connectivity index (χ1n) is 7.99. The number of rotatable bonds is 3. The van der Waals surface area contributed by atoms with Gasteiger partial charge in [0.25, 0.3) is 5.91 Å². The zero-order valence-electron chi connectivity index (χ0n) is 13.8. The minimum atomic E-state index is 0.113. The van der Waals surface area contributed by atoms with Gasteiger partial charge in [-0.3, -0.25) is 4.79 Å². The van der Waals surface area contributed by atoms with Gasteiger partial charge in [0.2, 0.25) is 0 Å². The van der Waals surface area contributed by atoms with Crippen molar-refractivity contribution in [3.63, 3.8) is 0 Å². The summed E-state index contributed by atoms with van der Waals surface area (Å²) in [5.41, 5.74) is 2.04. The molecule has 1 amide bonds. The van der Waals surface area contributed by atoms with Gasteiger partial charge in [0.05, 0.1) is 10.7 Å². The molecule has 4 nitrogen and oxygen atoms in total. The summed E-state index contributed by atoms with van der Waals surface area (Å²) in [4.78, 5) is 19.7. The summed E-state index contributed by atoms with van der Waals surface area (Å²) in [6.07, 6.45) is 1.93. The van der Waals surface area contributed by atoms with Crippen molar-refractivity contribution in [2.45, 2.75) is 39.7 Å². The van der Waals surface area contributed by atoms with E-state index in [1.165, 1.54) is 16.9 Å². The fraction of sp³-hybridized carbons (Fsp3) is 0.444. The van der Waals surface area contributed by atoms with Crippen molar-refractivity contribution in [2.75, 3.05) is 13.1 Å². The molecule has 5 heteroatoms. The van der Waals surface area contributed by atoms with Crippen LogP contribution >= 0.6 is 11.3 Å². The van der Waals surface area contributed by atoms with E-state index in [1.54, 1.807) is 0 Å². The van der Waals surface area contributed by atoms with Gasteiger partial charge in [0.1, 0.15) is 16.7 Å². The van der Waals surface area contributed by atoms with Gasteiger partial charge in [-0.15, -0.1) is 11.3 Å². The lowest BCUT2D eigenvalue weighted by Gasteiger charge is -2.32. The second-order valence-electron chi connectivity index (χ2n) is 6.07. The number of aryl methyl sites for hydroxylation is 3. The molecule has 23 heavy (non-hydrogen) atoms. The SMILES string of the molecule is Cc1cccc(OC2CCN(C(=O)c3sc(C)nc3C)CC2)c1. The number of piperidine rings is 1. The molecule has 2 aromatic rings. The van der Waals surface area contributed by atoms with Crippen molar-refractivity contribution >= 4 is 17.2 Å². The van der Waals surface area contributed by atoms with Crippen LogP contribution in [0.25, 0.3) is 0 Å². The molecule has 1 aliphatic heterocycles. The minimum absolute atomic E-state index is 0.113. The first-order valence-corrected chi connectivity index (χ1v) is 8.81. The Labute approximate surface area is 141 Å². The monoisotopic (exact) mass is 330 g/mol. The van der Waals surface area contributed by atoms with Crippen LogP contribution in [0, 0.1) is 20.8 Å². The van der Waals surface area contributed by atoms with Gasteiger partial charge in [-0.05, 0) is 38.5 Å². The molecule has 3 rings (SSSR count). The number of likely N-dealkylation sites (tertiary alicyclic amines) is 1. The molecule has 1 aromatic heterocycles. The molecule has 0 atom stereocenters. The molecular weight excluding hydrogens is 308 g/mol. The van der Waals surface area contributed by atoms with Crippen LogP contribution in [0.3, 0.4) is 0 Å². The molecule has 2 heterocycles. The quantitative estimate of drug-likeness (QED) is 0.861. The average molecular weight is 330 g/mol. The Bertz CT molecular complexity index is 703. The van der Waals surface area contributed by atoms with Crippen LogP contribution in [-0.4, -0.2) is 35.0 Å². The summed E-state index contributed by atoms with van der Waals surface area (Å²) in [5, 5.41) is 0.948. The Morgan fingerprint density at radius 3 is 2.61 bits per heavy atom. The van der Waals surface area contributed by atoms with Crippen LogP contribution < -0.4 is 4.74 Å². The normalized spacial score (nSPS) is 15.7. The molecule has 0 aliphatic carbocycles. The summed E-state index contributed by atoms with van der Waals surface area (Å²) >= 11 is 1.49. The third kappa shape index (κ3) is 3.72. The lowest BCUT2D eigenvalue weighted by Crippen LogP contribution is -2.41. The van der Waals surface area contributed by atoms with Crippen LogP contribution in [0.4, 0.5) is 0 Å². The van der Waals surface area contributed by atoms with Crippen LogP contribution in [-0.2, 0) is 0 Å². The van der Waals surface area contributed by atoms with Crippen LogP contribution in [0.2, 0.25) is 0 Å². The summed E-state index contributed by atoms with van der Waals surface area (Å²) in [7, 11) is 0. The van der Waals surface area contributed by atoms with Crippen molar-refractivity contribution in [3.8, 4) is 5.75 Å². The predicted octanol–water partition coefficient (Wildman–Crippen LogP) is 3.75. The van der Waals surface area contributed by atoms with Crippen molar-refractivity contribution in [1.82, 2.24) is 9.88 Å².